The molecule has 0 saturated carbocycles. The number of aryl methyl sites for hydroxylation is 1. The van der Waals surface area contributed by atoms with Gasteiger partial charge in [0.15, 0.2) is 0 Å². The zero-order valence-electron chi connectivity index (χ0n) is 16.0. The summed E-state index contributed by atoms with van der Waals surface area (Å²) in [5.41, 5.74) is 2.31. The first-order chi connectivity index (χ1) is 12.6. The molecular weight excluding hydrogens is 324 g/mol. The summed E-state index contributed by atoms with van der Waals surface area (Å²) in [5.74, 6) is 0.746. The molecule has 1 aliphatic heterocycles. The Morgan fingerprint density at radius 1 is 1.23 bits per heavy atom. The van der Waals surface area contributed by atoms with E-state index >= 15 is 0 Å². The molecule has 0 unspecified atom stereocenters. The summed E-state index contributed by atoms with van der Waals surface area (Å²) in [5, 5.41) is 0. The number of rotatable bonds is 5. The van der Waals surface area contributed by atoms with E-state index in [4.69, 9.17) is 0 Å². The monoisotopic (exact) mass is 352 g/mol. The van der Waals surface area contributed by atoms with Crippen LogP contribution in [0, 0.1) is 6.92 Å². The van der Waals surface area contributed by atoms with Gasteiger partial charge in [0.05, 0.1) is 11.3 Å². The van der Waals surface area contributed by atoms with Gasteiger partial charge in [-0.15, -0.1) is 0 Å². The molecule has 1 aromatic heterocycles. The topological polar surface area (TPSA) is 49.3 Å². The Balaban J connectivity index is 1.91. The molecule has 5 nitrogen and oxygen atoms in total. The molecule has 1 amide bonds. The first-order valence-corrected chi connectivity index (χ1v) is 9.41. The molecule has 0 aliphatic carbocycles. The number of hydrogen-bond donors (Lipinski definition) is 0. The molecule has 5 heteroatoms. The van der Waals surface area contributed by atoms with E-state index in [9.17, 15) is 4.79 Å². The average molecular weight is 352 g/mol. The minimum absolute atomic E-state index is 0.0623. The van der Waals surface area contributed by atoms with E-state index in [0.717, 1.165) is 43.6 Å². The Labute approximate surface area is 156 Å². The van der Waals surface area contributed by atoms with Crippen molar-refractivity contribution in [1.82, 2.24) is 19.8 Å². The van der Waals surface area contributed by atoms with E-state index in [1.807, 2.05) is 42.2 Å². The SMILES string of the molecule is Cc1ncc(C(=O)N2CCCC[C@@H]2CCN(C)C)c(-c2ccccc2)n1. The van der Waals surface area contributed by atoms with E-state index in [0.29, 0.717) is 17.4 Å². The Kier molecular flexibility index (Phi) is 5.99. The maximum atomic E-state index is 13.4. The lowest BCUT2D eigenvalue weighted by molar-refractivity contribution is 0.0591. The van der Waals surface area contributed by atoms with Gasteiger partial charge in [0, 0.05) is 24.3 Å². The van der Waals surface area contributed by atoms with Gasteiger partial charge in [0.25, 0.3) is 5.91 Å². The summed E-state index contributed by atoms with van der Waals surface area (Å²) in [7, 11) is 4.16. The molecule has 2 heterocycles. The molecule has 3 rings (SSSR count). The normalized spacial score (nSPS) is 17.5. The van der Waals surface area contributed by atoms with Crippen molar-refractivity contribution in [3.63, 3.8) is 0 Å². The number of aromatic nitrogens is 2. The van der Waals surface area contributed by atoms with E-state index < -0.39 is 0 Å². The van der Waals surface area contributed by atoms with Crippen molar-refractivity contribution in [2.75, 3.05) is 27.2 Å². The second-order valence-corrected chi connectivity index (χ2v) is 7.29. The molecule has 0 spiro atoms. The van der Waals surface area contributed by atoms with Crippen LogP contribution in [0.25, 0.3) is 11.3 Å². The highest BCUT2D eigenvalue weighted by Crippen LogP contribution is 2.26. The van der Waals surface area contributed by atoms with Crippen LogP contribution in [0.2, 0.25) is 0 Å². The smallest absolute Gasteiger partial charge is 0.257 e. The van der Waals surface area contributed by atoms with Gasteiger partial charge in [0.2, 0.25) is 0 Å². The molecule has 1 atom stereocenters. The third kappa shape index (κ3) is 4.28. The predicted octanol–water partition coefficient (Wildman–Crippen LogP) is 3.40. The summed E-state index contributed by atoms with van der Waals surface area (Å²) in [6, 6.07) is 10.2. The van der Waals surface area contributed by atoms with Crippen LogP contribution in [0.1, 0.15) is 41.9 Å². The third-order valence-electron chi connectivity index (χ3n) is 4.98. The Morgan fingerprint density at radius 3 is 2.73 bits per heavy atom. The summed E-state index contributed by atoms with van der Waals surface area (Å²) < 4.78 is 0. The average Bonchev–Trinajstić information content (AvgIpc) is 2.66. The number of carbonyl (C=O) groups is 1. The maximum Gasteiger partial charge on any atom is 0.257 e. The summed E-state index contributed by atoms with van der Waals surface area (Å²) >= 11 is 0. The summed E-state index contributed by atoms with van der Waals surface area (Å²) in [4.78, 5) is 26.5. The van der Waals surface area contributed by atoms with Gasteiger partial charge in [-0.1, -0.05) is 30.3 Å². The van der Waals surface area contributed by atoms with Crippen molar-refractivity contribution in [2.45, 2.75) is 38.6 Å². The first-order valence-electron chi connectivity index (χ1n) is 9.41. The molecule has 2 aromatic rings. The van der Waals surface area contributed by atoms with Gasteiger partial charge in [-0.25, -0.2) is 9.97 Å². The number of carbonyl (C=O) groups excluding carboxylic acids is 1. The summed E-state index contributed by atoms with van der Waals surface area (Å²) in [6.45, 7) is 3.67. The van der Waals surface area contributed by atoms with Gasteiger partial charge in [-0.05, 0) is 53.2 Å². The van der Waals surface area contributed by atoms with Crippen LogP contribution in [-0.2, 0) is 0 Å². The lowest BCUT2D eigenvalue weighted by atomic mass is 9.97. The second-order valence-electron chi connectivity index (χ2n) is 7.29. The molecule has 0 bridgehead atoms. The van der Waals surface area contributed by atoms with Crippen LogP contribution >= 0.6 is 0 Å². The maximum absolute atomic E-state index is 13.4. The van der Waals surface area contributed by atoms with E-state index in [-0.39, 0.29) is 5.91 Å². The van der Waals surface area contributed by atoms with Gasteiger partial charge >= 0.3 is 0 Å². The van der Waals surface area contributed by atoms with E-state index in [1.54, 1.807) is 6.20 Å². The highest BCUT2D eigenvalue weighted by Gasteiger charge is 2.29. The lowest BCUT2D eigenvalue weighted by Gasteiger charge is -2.36. The molecule has 1 fully saturated rings. The van der Waals surface area contributed by atoms with Crippen LogP contribution in [0.4, 0.5) is 0 Å². The molecule has 0 radical (unpaired) electrons. The minimum atomic E-state index is 0.0623. The van der Waals surface area contributed by atoms with Crippen molar-refractivity contribution >= 4 is 5.91 Å². The predicted molar refractivity (Wildman–Crippen MR) is 104 cm³/mol. The van der Waals surface area contributed by atoms with Gasteiger partial charge in [-0.2, -0.15) is 0 Å². The largest absolute Gasteiger partial charge is 0.336 e. The number of nitrogens with zero attached hydrogens (tertiary/aromatic N) is 4. The Morgan fingerprint density at radius 2 is 2.00 bits per heavy atom. The van der Waals surface area contributed by atoms with E-state index in [1.165, 1.54) is 6.42 Å². The lowest BCUT2D eigenvalue weighted by Crippen LogP contribution is -2.45. The quantitative estimate of drug-likeness (QED) is 0.827. The zero-order chi connectivity index (χ0) is 18.5. The fourth-order valence-electron chi connectivity index (χ4n) is 3.57. The molecule has 138 valence electrons. The van der Waals surface area contributed by atoms with Gasteiger partial charge < -0.3 is 9.80 Å². The summed E-state index contributed by atoms with van der Waals surface area (Å²) in [6.07, 6.45) is 6.04. The first kappa shape index (κ1) is 18.5. The number of piperidine rings is 1. The van der Waals surface area contributed by atoms with Gasteiger partial charge in [0.1, 0.15) is 5.82 Å². The van der Waals surface area contributed by atoms with Crippen LogP contribution < -0.4 is 0 Å². The van der Waals surface area contributed by atoms with Crippen LogP contribution in [0.3, 0.4) is 0 Å². The van der Waals surface area contributed by atoms with Gasteiger partial charge in [-0.3, -0.25) is 4.79 Å². The molecule has 1 aliphatic rings. The molecular formula is C21H28N4O. The zero-order valence-corrected chi connectivity index (χ0v) is 16.0. The van der Waals surface area contributed by atoms with Crippen molar-refractivity contribution < 1.29 is 4.79 Å². The highest BCUT2D eigenvalue weighted by molar-refractivity contribution is 5.99. The second kappa shape index (κ2) is 8.41. The van der Waals surface area contributed by atoms with Crippen molar-refractivity contribution in [2.24, 2.45) is 0 Å². The van der Waals surface area contributed by atoms with Crippen molar-refractivity contribution in [3.05, 3.63) is 47.9 Å². The Bertz CT molecular complexity index is 745. The van der Waals surface area contributed by atoms with Crippen molar-refractivity contribution in [3.8, 4) is 11.3 Å². The standard InChI is InChI=1S/C21H28N4O/c1-16-22-15-19(20(23-16)17-9-5-4-6-10-17)21(26)25-13-8-7-11-18(25)12-14-24(2)3/h4-6,9-10,15,18H,7-8,11-14H2,1-3H3/t18-/m1/s1. The molecule has 0 N–H and O–H groups in total. The van der Waals surface area contributed by atoms with Crippen molar-refractivity contribution in [1.29, 1.82) is 0 Å². The number of likely N-dealkylation sites (tertiary alicyclic amines) is 1. The molecule has 1 saturated heterocycles. The third-order valence-corrected chi connectivity index (χ3v) is 4.98. The highest BCUT2D eigenvalue weighted by atomic mass is 16.2. The minimum Gasteiger partial charge on any atom is -0.336 e. The number of benzene rings is 1. The van der Waals surface area contributed by atoms with Crippen LogP contribution in [-0.4, -0.2) is 58.9 Å². The molecule has 26 heavy (non-hydrogen) atoms. The van der Waals surface area contributed by atoms with E-state index in [2.05, 4.69) is 29.0 Å². The fourth-order valence-corrected chi connectivity index (χ4v) is 3.57. The van der Waals surface area contributed by atoms with Crippen LogP contribution in [0.5, 0.6) is 0 Å². The number of amides is 1. The molecule has 1 aromatic carbocycles. The fraction of sp³-hybridized carbons (Fsp3) is 0.476. The number of hydrogen-bond acceptors (Lipinski definition) is 4. The Hall–Kier alpha value is -2.27. The van der Waals surface area contributed by atoms with Crippen LogP contribution in [0.15, 0.2) is 36.5 Å².